The number of benzene rings is 1. The van der Waals surface area contributed by atoms with Gasteiger partial charge < -0.3 is 10.2 Å². The highest BCUT2D eigenvalue weighted by Gasteiger charge is 2.15. The number of pyridine rings is 1. The number of aromatic nitrogens is 1. The monoisotopic (exact) mass is 355 g/mol. The van der Waals surface area contributed by atoms with E-state index in [9.17, 15) is 4.79 Å². The summed E-state index contributed by atoms with van der Waals surface area (Å²) in [5, 5.41) is 3.04. The second-order valence-electron chi connectivity index (χ2n) is 5.03. The van der Waals surface area contributed by atoms with E-state index in [-0.39, 0.29) is 30.7 Å². The van der Waals surface area contributed by atoms with E-state index in [0.717, 1.165) is 23.5 Å². The van der Waals surface area contributed by atoms with Gasteiger partial charge in [-0.3, -0.25) is 9.78 Å². The molecule has 0 bridgehead atoms. The molecule has 126 valence electrons. The number of hydrogen-bond acceptors (Lipinski definition) is 3. The van der Waals surface area contributed by atoms with Gasteiger partial charge in [0, 0.05) is 25.7 Å². The zero-order chi connectivity index (χ0) is 15.2. The van der Waals surface area contributed by atoms with Crippen LogP contribution in [0.2, 0.25) is 0 Å². The minimum Gasteiger partial charge on any atom is -0.340 e. The number of aryl methyl sites for hydroxylation is 1. The second-order valence-corrected chi connectivity index (χ2v) is 5.03. The Kier molecular flexibility index (Phi) is 9.49. The molecule has 0 aliphatic rings. The molecule has 0 spiro atoms. The molecule has 1 amide bonds. The number of nitrogens with one attached hydrogen (secondary N) is 1. The van der Waals surface area contributed by atoms with Gasteiger partial charge in [0.15, 0.2) is 0 Å². The topological polar surface area (TPSA) is 45.2 Å². The largest absolute Gasteiger partial charge is 0.340 e. The molecule has 0 radical (unpaired) electrons. The predicted octanol–water partition coefficient (Wildman–Crippen LogP) is 3.19. The van der Waals surface area contributed by atoms with Crippen molar-refractivity contribution < 1.29 is 4.79 Å². The normalized spacial score (nSPS) is 9.52. The fourth-order valence-corrected chi connectivity index (χ4v) is 2.14. The molecule has 1 heterocycles. The van der Waals surface area contributed by atoms with Crippen molar-refractivity contribution in [3.63, 3.8) is 0 Å². The lowest BCUT2D eigenvalue weighted by atomic mass is 10.1. The van der Waals surface area contributed by atoms with Gasteiger partial charge in [0.05, 0.1) is 17.0 Å². The van der Waals surface area contributed by atoms with Crippen molar-refractivity contribution in [3.05, 3.63) is 53.7 Å². The van der Waals surface area contributed by atoms with Crippen molar-refractivity contribution in [1.82, 2.24) is 15.2 Å². The molecule has 1 aromatic heterocycles. The average Bonchev–Trinajstić information content (AvgIpc) is 2.52. The number of hydrogen-bond donors (Lipinski definition) is 1. The summed E-state index contributed by atoms with van der Waals surface area (Å²) in [4.78, 5) is 18.7. The Hall–Kier alpha value is -1.62. The van der Waals surface area contributed by atoms with E-state index in [2.05, 4.69) is 10.3 Å². The summed E-state index contributed by atoms with van der Waals surface area (Å²) in [7, 11) is 3.68. The van der Waals surface area contributed by atoms with Crippen LogP contribution < -0.4 is 5.32 Å². The second kappa shape index (κ2) is 10.2. The van der Waals surface area contributed by atoms with Crippen LogP contribution in [0.1, 0.15) is 16.1 Å². The van der Waals surface area contributed by atoms with Gasteiger partial charge in [-0.15, -0.1) is 24.8 Å². The predicted molar refractivity (Wildman–Crippen MR) is 99.8 cm³/mol. The highest BCUT2D eigenvalue weighted by molar-refractivity contribution is 5.95. The van der Waals surface area contributed by atoms with E-state index >= 15 is 0 Å². The molecule has 1 N–H and O–H groups in total. The first-order chi connectivity index (χ1) is 10.1. The highest BCUT2D eigenvalue weighted by Crippen LogP contribution is 2.19. The van der Waals surface area contributed by atoms with Gasteiger partial charge in [-0.05, 0) is 26.1 Å². The maximum Gasteiger partial charge on any atom is 0.255 e. The Labute approximate surface area is 150 Å². The molecule has 0 unspecified atom stereocenters. The third kappa shape index (κ3) is 5.50. The van der Waals surface area contributed by atoms with E-state index in [1.165, 1.54) is 0 Å². The van der Waals surface area contributed by atoms with E-state index in [4.69, 9.17) is 0 Å². The van der Waals surface area contributed by atoms with Crippen LogP contribution in [0.5, 0.6) is 0 Å². The molecule has 0 atom stereocenters. The van der Waals surface area contributed by atoms with E-state index < -0.39 is 0 Å². The van der Waals surface area contributed by atoms with Crippen LogP contribution >= 0.6 is 24.8 Å². The van der Waals surface area contributed by atoms with Crippen LogP contribution in [-0.2, 0) is 0 Å². The van der Waals surface area contributed by atoms with E-state index in [0.29, 0.717) is 12.1 Å². The third-order valence-electron chi connectivity index (χ3n) is 3.43. The molecule has 4 nitrogen and oxygen atoms in total. The molecule has 1 aromatic carbocycles. The molecule has 2 aromatic rings. The number of halogens is 2. The van der Waals surface area contributed by atoms with Crippen molar-refractivity contribution in [1.29, 1.82) is 0 Å². The van der Waals surface area contributed by atoms with Gasteiger partial charge in [-0.2, -0.15) is 0 Å². The van der Waals surface area contributed by atoms with Crippen LogP contribution in [0, 0.1) is 6.92 Å². The SMILES string of the molecule is CNCCN(C)C(=O)c1ccc(-c2ccccc2)nc1C.Cl.Cl. The lowest BCUT2D eigenvalue weighted by Crippen LogP contribution is -2.33. The molecule has 0 aliphatic heterocycles. The number of carbonyl (C=O) groups is 1. The van der Waals surface area contributed by atoms with Crippen molar-refractivity contribution in [2.75, 3.05) is 27.2 Å². The van der Waals surface area contributed by atoms with Gasteiger partial charge in [-0.1, -0.05) is 30.3 Å². The fraction of sp³-hybridized carbons (Fsp3) is 0.294. The Bertz CT molecular complexity index is 620. The summed E-state index contributed by atoms with van der Waals surface area (Å²) in [5.41, 5.74) is 3.37. The van der Waals surface area contributed by atoms with Crippen molar-refractivity contribution >= 4 is 30.7 Å². The first-order valence-electron chi connectivity index (χ1n) is 7.06. The molecule has 0 aliphatic carbocycles. The molecule has 0 fully saturated rings. The highest BCUT2D eigenvalue weighted by atomic mass is 35.5. The number of rotatable bonds is 5. The number of likely N-dealkylation sites (N-methyl/N-ethyl adjacent to an activating group) is 2. The molecule has 0 saturated carbocycles. The molecular weight excluding hydrogens is 333 g/mol. The molecular formula is C17H23Cl2N3O. The molecule has 0 saturated heterocycles. The van der Waals surface area contributed by atoms with E-state index in [1.807, 2.05) is 63.5 Å². The van der Waals surface area contributed by atoms with Crippen molar-refractivity contribution in [2.45, 2.75) is 6.92 Å². The van der Waals surface area contributed by atoms with Crippen molar-refractivity contribution in [3.8, 4) is 11.3 Å². The number of nitrogens with zero attached hydrogens (tertiary/aromatic N) is 2. The summed E-state index contributed by atoms with van der Waals surface area (Å²) in [6.45, 7) is 3.33. The average molecular weight is 356 g/mol. The Morgan fingerprint density at radius 3 is 2.35 bits per heavy atom. The maximum atomic E-state index is 12.4. The Balaban J connectivity index is 0.00000242. The van der Waals surface area contributed by atoms with Crippen LogP contribution in [-0.4, -0.2) is 43.0 Å². The summed E-state index contributed by atoms with van der Waals surface area (Å²) in [6, 6.07) is 13.7. The van der Waals surface area contributed by atoms with Gasteiger partial charge >= 0.3 is 0 Å². The lowest BCUT2D eigenvalue weighted by molar-refractivity contribution is 0.0795. The van der Waals surface area contributed by atoms with Crippen LogP contribution in [0.15, 0.2) is 42.5 Å². The minimum absolute atomic E-state index is 0. The first-order valence-corrected chi connectivity index (χ1v) is 7.06. The minimum atomic E-state index is 0. The number of carbonyl (C=O) groups excluding carboxylic acids is 1. The van der Waals surface area contributed by atoms with Crippen LogP contribution in [0.25, 0.3) is 11.3 Å². The van der Waals surface area contributed by atoms with E-state index in [1.54, 1.807) is 4.90 Å². The fourth-order valence-electron chi connectivity index (χ4n) is 2.14. The standard InChI is InChI=1S/C17H21N3O.2ClH/c1-13-15(17(21)20(3)12-11-18-2)9-10-16(19-13)14-7-5-4-6-8-14;;/h4-10,18H,11-12H2,1-3H3;2*1H. The Morgan fingerprint density at radius 1 is 1.13 bits per heavy atom. The van der Waals surface area contributed by atoms with Crippen molar-refractivity contribution in [2.24, 2.45) is 0 Å². The third-order valence-corrected chi connectivity index (χ3v) is 3.43. The maximum absolute atomic E-state index is 12.4. The molecule has 23 heavy (non-hydrogen) atoms. The summed E-state index contributed by atoms with van der Waals surface area (Å²) >= 11 is 0. The Morgan fingerprint density at radius 2 is 1.78 bits per heavy atom. The van der Waals surface area contributed by atoms with Gasteiger partial charge in [0.2, 0.25) is 0 Å². The number of amides is 1. The first kappa shape index (κ1) is 21.4. The van der Waals surface area contributed by atoms with Gasteiger partial charge in [0.1, 0.15) is 0 Å². The smallest absolute Gasteiger partial charge is 0.255 e. The zero-order valence-electron chi connectivity index (χ0n) is 13.6. The molecule has 2 rings (SSSR count). The lowest BCUT2D eigenvalue weighted by Gasteiger charge is -2.18. The van der Waals surface area contributed by atoms with Gasteiger partial charge in [-0.25, -0.2) is 0 Å². The summed E-state index contributed by atoms with van der Waals surface area (Å²) < 4.78 is 0. The molecule has 6 heteroatoms. The van der Waals surface area contributed by atoms with Crippen LogP contribution in [0.4, 0.5) is 0 Å². The summed E-state index contributed by atoms with van der Waals surface area (Å²) in [5.74, 6) is 0.00913. The summed E-state index contributed by atoms with van der Waals surface area (Å²) in [6.07, 6.45) is 0. The quantitative estimate of drug-likeness (QED) is 0.895. The van der Waals surface area contributed by atoms with Gasteiger partial charge in [0.25, 0.3) is 5.91 Å². The van der Waals surface area contributed by atoms with Crippen LogP contribution in [0.3, 0.4) is 0 Å². The zero-order valence-corrected chi connectivity index (χ0v) is 15.2.